The molecular formula is C38H23Br5N4O6S2. The largest absolute Gasteiger partial charge is 0.358 e. The molecule has 1 atom stereocenters. The van der Waals surface area contributed by atoms with Gasteiger partial charge in [0, 0.05) is 23.6 Å². The molecule has 2 aliphatic heterocycles. The van der Waals surface area contributed by atoms with Gasteiger partial charge >= 0.3 is 23.9 Å². The fraction of sp³-hybridized carbons (Fsp3) is 0.0263. The maximum atomic E-state index is 13.3. The fourth-order valence-electron chi connectivity index (χ4n) is 5.33. The number of thiophene rings is 2. The highest BCUT2D eigenvalue weighted by molar-refractivity contribution is 9.11. The molecule has 0 bridgehead atoms. The van der Waals surface area contributed by atoms with E-state index in [9.17, 15) is 29.1 Å². The quantitative estimate of drug-likeness (QED) is 0.136. The van der Waals surface area contributed by atoms with Crippen molar-refractivity contribution in [2.24, 2.45) is 0 Å². The Kier molecular flexibility index (Phi) is 13.0. The number of rotatable bonds is 5. The van der Waals surface area contributed by atoms with Crippen molar-refractivity contribution in [1.82, 2.24) is 0 Å². The van der Waals surface area contributed by atoms with Crippen molar-refractivity contribution in [3.05, 3.63) is 159 Å². The van der Waals surface area contributed by atoms with E-state index in [1.165, 1.54) is 15.1 Å². The van der Waals surface area contributed by atoms with Crippen LogP contribution >= 0.6 is 102 Å². The second-order valence-electron chi connectivity index (χ2n) is 11.3. The van der Waals surface area contributed by atoms with Crippen molar-refractivity contribution >= 4 is 155 Å². The van der Waals surface area contributed by atoms with Crippen LogP contribution in [-0.4, -0.2) is 34.9 Å². The second kappa shape index (κ2) is 17.5. The number of urea groups is 2. The summed E-state index contributed by atoms with van der Waals surface area (Å²) in [6.45, 7) is 0. The van der Waals surface area contributed by atoms with Crippen LogP contribution in [0.25, 0.3) is 0 Å². The molecule has 1 unspecified atom stereocenters. The molecule has 8 rings (SSSR count). The van der Waals surface area contributed by atoms with Gasteiger partial charge in [-0.05, 0) is 136 Å². The Morgan fingerprint density at radius 1 is 0.455 bits per heavy atom. The van der Waals surface area contributed by atoms with Crippen LogP contribution in [-0.2, 0) is 20.1 Å². The first-order valence-electron chi connectivity index (χ1n) is 15.7. The molecule has 2 aromatic heterocycles. The summed E-state index contributed by atoms with van der Waals surface area (Å²) in [6, 6.07) is 32.9. The first kappa shape index (κ1) is 40.8. The Morgan fingerprint density at radius 2 is 0.836 bits per heavy atom. The highest BCUT2D eigenvalue weighted by atomic mass is 79.9. The van der Waals surface area contributed by atoms with Crippen molar-refractivity contribution in [3.8, 4) is 0 Å². The molecule has 4 aromatic carbocycles. The molecule has 2 saturated heterocycles. The number of aliphatic hydroxyl groups is 1. The SMILES string of the molecule is Brc1cccs1.O=C1C(=O)N(c2ccc(Br)cc2)C(=O)N1c1ccc(Br)cc1.O=C1N(c2ccc(Br)cc2)C(=O)C(O)(c2cccs2)N1c1ccc(Br)cc1. The summed E-state index contributed by atoms with van der Waals surface area (Å²) in [7, 11) is 0. The van der Waals surface area contributed by atoms with Gasteiger partial charge in [0.15, 0.2) is 0 Å². The predicted molar refractivity (Wildman–Crippen MR) is 233 cm³/mol. The number of hydrogen-bond donors (Lipinski definition) is 1. The van der Waals surface area contributed by atoms with Gasteiger partial charge < -0.3 is 5.11 Å². The van der Waals surface area contributed by atoms with E-state index in [1.807, 2.05) is 17.5 Å². The lowest BCUT2D eigenvalue weighted by molar-refractivity contribution is -0.133. The number of benzene rings is 4. The van der Waals surface area contributed by atoms with E-state index in [0.29, 0.717) is 27.6 Å². The molecule has 10 nitrogen and oxygen atoms in total. The highest BCUT2D eigenvalue weighted by Crippen LogP contribution is 2.43. The molecule has 7 amide bonds. The molecule has 0 radical (unpaired) electrons. The number of amides is 7. The fourth-order valence-corrected chi connectivity index (χ4v) is 8.12. The summed E-state index contributed by atoms with van der Waals surface area (Å²) in [6.07, 6.45) is 0. The first-order chi connectivity index (χ1) is 26.3. The summed E-state index contributed by atoms with van der Waals surface area (Å²) in [4.78, 5) is 67.6. The normalized spacial score (nSPS) is 16.7. The van der Waals surface area contributed by atoms with Crippen LogP contribution in [0, 0.1) is 0 Å². The molecule has 1 N–H and O–H groups in total. The molecule has 2 fully saturated rings. The van der Waals surface area contributed by atoms with Gasteiger partial charge in [0.1, 0.15) is 0 Å². The lowest BCUT2D eigenvalue weighted by Gasteiger charge is -2.29. The monoisotopic (exact) mass is 1090 g/mol. The Labute approximate surface area is 364 Å². The van der Waals surface area contributed by atoms with E-state index in [2.05, 4.69) is 79.6 Å². The van der Waals surface area contributed by atoms with Gasteiger partial charge in [0.25, 0.3) is 11.6 Å². The van der Waals surface area contributed by atoms with Crippen molar-refractivity contribution in [2.75, 3.05) is 19.6 Å². The zero-order valence-corrected chi connectivity index (χ0v) is 37.2. The van der Waals surface area contributed by atoms with E-state index in [0.717, 1.165) is 37.5 Å². The van der Waals surface area contributed by atoms with Gasteiger partial charge in [0.05, 0.1) is 25.7 Å². The zero-order chi connectivity index (χ0) is 39.4. The molecule has 17 heteroatoms. The maximum absolute atomic E-state index is 13.3. The Balaban J connectivity index is 0.000000165. The van der Waals surface area contributed by atoms with Gasteiger partial charge in [0.2, 0.25) is 0 Å². The number of imide groups is 3. The summed E-state index contributed by atoms with van der Waals surface area (Å²) >= 11 is 19.5. The molecule has 4 heterocycles. The summed E-state index contributed by atoms with van der Waals surface area (Å²) in [5.41, 5.74) is -0.584. The lowest BCUT2D eigenvalue weighted by atomic mass is 10.1. The predicted octanol–water partition coefficient (Wildman–Crippen LogP) is 11.3. The van der Waals surface area contributed by atoms with Crippen LogP contribution in [0.5, 0.6) is 0 Å². The van der Waals surface area contributed by atoms with Gasteiger partial charge in [-0.15, -0.1) is 22.7 Å². The lowest BCUT2D eigenvalue weighted by Crippen LogP contribution is -2.46. The van der Waals surface area contributed by atoms with Crippen LogP contribution in [0.15, 0.2) is 154 Å². The van der Waals surface area contributed by atoms with E-state index >= 15 is 0 Å². The minimum atomic E-state index is -2.11. The number of halogens is 5. The van der Waals surface area contributed by atoms with E-state index in [1.54, 1.807) is 126 Å². The molecule has 0 saturated carbocycles. The molecule has 0 aliphatic carbocycles. The maximum Gasteiger partial charge on any atom is 0.343 e. The third kappa shape index (κ3) is 8.63. The molecular weight excluding hydrogens is 1070 g/mol. The van der Waals surface area contributed by atoms with Crippen LogP contribution in [0.3, 0.4) is 0 Å². The second-order valence-corrected chi connectivity index (χ2v) is 18.2. The highest BCUT2D eigenvalue weighted by Gasteiger charge is 2.59. The minimum Gasteiger partial charge on any atom is -0.358 e. The molecule has 278 valence electrons. The topological polar surface area (TPSA) is 119 Å². The average molecular weight is 1100 g/mol. The zero-order valence-electron chi connectivity index (χ0n) is 27.7. The smallest absolute Gasteiger partial charge is 0.343 e. The number of carbonyl (C=O) groups excluding carboxylic acids is 5. The molecule has 6 aromatic rings. The minimum absolute atomic E-state index is 0.353. The summed E-state index contributed by atoms with van der Waals surface area (Å²) in [5, 5.41) is 15.3. The van der Waals surface area contributed by atoms with Gasteiger partial charge in [-0.3, -0.25) is 19.3 Å². The summed E-state index contributed by atoms with van der Waals surface area (Å²) in [5.74, 6) is -2.44. The van der Waals surface area contributed by atoms with Gasteiger partial charge in [-0.2, -0.15) is 0 Å². The number of anilines is 4. The average Bonchev–Trinajstić information content (AvgIpc) is 3.97. The Hall–Kier alpha value is -3.81. The van der Waals surface area contributed by atoms with Crippen molar-refractivity contribution < 1.29 is 29.1 Å². The number of carbonyl (C=O) groups is 5. The van der Waals surface area contributed by atoms with Crippen LogP contribution in [0.2, 0.25) is 0 Å². The molecule has 2 aliphatic rings. The molecule has 55 heavy (non-hydrogen) atoms. The van der Waals surface area contributed by atoms with Crippen molar-refractivity contribution in [1.29, 1.82) is 0 Å². The standard InChI is InChI=1S/C19H12Br2N2O3S.C15H8Br2N2O3.C4H3BrS/c20-12-3-7-14(8-4-12)22-17(24)19(26,16-2-1-11-27-16)23(18(22)25)15-9-5-13(21)6-10-15;16-9-1-5-11(6-2-9)18-13(20)14(21)19(15(18)22)12-7-3-10(17)4-8-12;5-4-2-1-3-6-4/h1-11,26H;1-8H;1-3H. The number of hydrogen-bond acceptors (Lipinski definition) is 8. The third-order valence-electron chi connectivity index (χ3n) is 7.87. The van der Waals surface area contributed by atoms with E-state index in [-0.39, 0.29) is 0 Å². The first-order valence-corrected chi connectivity index (χ1v) is 21.4. The Morgan fingerprint density at radius 3 is 1.18 bits per heavy atom. The Bertz CT molecular complexity index is 2280. The van der Waals surface area contributed by atoms with Gasteiger partial charge in [-0.1, -0.05) is 75.9 Å². The number of nitrogens with zero attached hydrogens (tertiary/aromatic N) is 4. The molecule has 0 spiro atoms. The van der Waals surface area contributed by atoms with E-state index < -0.39 is 35.5 Å². The van der Waals surface area contributed by atoms with Crippen molar-refractivity contribution in [2.45, 2.75) is 5.72 Å². The van der Waals surface area contributed by atoms with Crippen LogP contribution in [0.4, 0.5) is 32.3 Å². The van der Waals surface area contributed by atoms with Crippen LogP contribution < -0.4 is 19.6 Å². The summed E-state index contributed by atoms with van der Waals surface area (Å²) < 4.78 is 4.47. The van der Waals surface area contributed by atoms with Crippen molar-refractivity contribution in [3.63, 3.8) is 0 Å². The third-order valence-corrected chi connectivity index (χ3v) is 12.4. The van der Waals surface area contributed by atoms with E-state index in [4.69, 9.17) is 0 Å². The van der Waals surface area contributed by atoms with Gasteiger partial charge in [-0.25, -0.2) is 24.3 Å². The van der Waals surface area contributed by atoms with Crippen LogP contribution in [0.1, 0.15) is 4.88 Å².